The van der Waals surface area contributed by atoms with E-state index in [0.29, 0.717) is 6.61 Å². The SMILES string of the molecule is COCC(C)C#CC(=O)O. The third kappa shape index (κ3) is 5.13. The van der Waals surface area contributed by atoms with Crippen molar-refractivity contribution >= 4 is 5.97 Å². The van der Waals surface area contributed by atoms with Gasteiger partial charge in [0.25, 0.3) is 0 Å². The van der Waals surface area contributed by atoms with Crippen molar-refractivity contribution in [3.05, 3.63) is 0 Å². The van der Waals surface area contributed by atoms with Crippen LogP contribution in [0.2, 0.25) is 0 Å². The van der Waals surface area contributed by atoms with Crippen LogP contribution < -0.4 is 0 Å². The molecule has 0 amide bonds. The zero-order valence-corrected chi connectivity index (χ0v) is 6.05. The first-order valence-corrected chi connectivity index (χ1v) is 2.90. The molecular formula is C7H10O3. The lowest BCUT2D eigenvalue weighted by Crippen LogP contribution is -2.01. The van der Waals surface area contributed by atoms with Gasteiger partial charge in [0, 0.05) is 18.9 Å². The standard InChI is InChI=1S/C7H10O3/c1-6(5-10-2)3-4-7(8)9/h6H,5H2,1-2H3,(H,8,9). The molecule has 56 valence electrons. The van der Waals surface area contributed by atoms with Crippen LogP contribution in [0.3, 0.4) is 0 Å². The number of methoxy groups -OCH3 is 1. The van der Waals surface area contributed by atoms with E-state index < -0.39 is 5.97 Å². The lowest BCUT2D eigenvalue weighted by molar-refractivity contribution is -0.130. The molecule has 0 spiro atoms. The maximum absolute atomic E-state index is 9.89. The highest BCUT2D eigenvalue weighted by atomic mass is 16.5. The zero-order chi connectivity index (χ0) is 7.98. The summed E-state index contributed by atoms with van der Waals surface area (Å²) in [5.41, 5.74) is 0. The van der Waals surface area contributed by atoms with Gasteiger partial charge in [-0.3, -0.25) is 0 Å². The van der Waals surface area contributed by atoms with Crippen LogP contribution in [0, 0.1) is 17.8 Å². The summed E-state index contributed by atoms with van der Waals surface area (Å²) in [5.74, 6) is 3.42. The molecule has 0 saturated carbocycles. The molecule has 3 nitrogen and oxygen atoms in total. The highest BCUT2D eigenvalue weighted by Gasteiger charge is 1.94. The molecule has 0 fully saturated rings. The van der Waals surface area contributed by atoms with E-state index >= 15 is 0 Å². The van der Waals surface area contributed by atoms with Crippen molar-refractivity contribution < 1.29 is 14.6 Å². The fraction of sp³-hybridized carbons (Fsp3) is 0.571. The number of carboxylic acid groups (broad SMARTS) is 1. The van der Waals surface area contributed by atoms with Crippen LogP contribution in [0.25, 0.3) is 0 Å². The first kappa shape index (κ1) is 8.99. The molecule has 0 bridgehead atoms. The predicted octanol–water partition coefficient (Wildman–Crippen LogP) is 0.357. The van der Waals surface area contributed by atoms with Gasteiger partial charge in [-0.2, -0.15) is 0 Å². The Morgan fingerprint density at radius 2 is 2.40 bits per heavy atom. The van der Waals surface area contributed by atoms with Gasteiger partial charge in [0.2, 0.25) is 0 Å². The molecule has 0 aliphatic carbocycles. The lowest BCUT2D eigenvalue weighted by atomic mass is 10.2. The van der Waals surface area contributed by atoms with Gasteiger partial charge >= 0.3 is 5.97 Å². The van der Waals surface area contributed by atoms with Crippen molar-refractivity contribution in [2.45, 2.75) is 6.92 Å². The van der Waals surface area contributed by atoms with Crippen LogP contribution in [0.15, 0.2) is 0 Å². The molecule has 0 aromatic rings. The fourth-order valence-corrected chi connectivity index (χ4v) is 0.477. The highest BCUT2D eigenvalue weighted by Crippen LogP contribution is 1.90. The number of hydrogen-bond donors (Lipinski definition) is 1. The van der Waals surface area contributed by atoms with E-state index in [9.17, 15) is 4.79 Å². The number of rotatable bonds is 2. The summed E-state index contributed by atoms with van der Waals surface area (Å²) in [6.07, 6.45) is 0. The minimum absolute atomic E-state index is 0.0129. The average molecular weight is 142 g/mol. The molecule has 0 aliphatic heterocycles. The molecule has 10 heavy (non-hydrogen) atoms. The maximum atomic E-state index is 9.89. The van der Waals surface area contributed by atoms with Crippen molar-refractivity contribution in [2.75, 3.05) is 13.7 Å². The first-order valence-electron chi connectivity index (χ1n) is 2.90. The van der Waals surface area contributed by atoms with Crippen LogP contribution in [-0.2, 0) is 9.53 Å². The monoisotopic (exact) mass is 142 g/mol. The van der Waals surface area contributed by atoms with Crippen LogP contribution in [-0.4, -0.2) is 24.8 Å². The Kier molecular flexibility index (Phi) is 4.34. The van der Waals surface area contributed by atoms with Crippen molar-refractivity contribution in [3.63, 3.8) is 0 Å². The van der Waals surface area contributed by atoms with E-state index in [1.807, 2.05) is 5.92 Å². The van der Waals surface area contributed by atoms with Gasteiger partial charge in [-0.05, 0) is 6.92 Å². The molecular weight excluding hydrogens is 132 g/mol. The Balaban J connectivity index is 3.68. The minimum Gasteiger partial charge on any atom is -0.472 e. The quantitative estimate of drug-likeness (QED) is 0.566. The second-order valence-electron chi connectivity index (χ2n) is 1.93. The molecule has 0 aromatic heterocycles. The van der Waals surface area contributed by atoms with Crippen molar-refractivity contribution in [3.8, 4) is 11.8 Å². The molecule has 0 rings (SSSR count). The Bertz CT molecular complexity index is 163. The molecule has 1 N–H and O–H groups in total. The molecule has 3 heteroatoms. The van der Waals surface area contributed by atoms with E-state index in [1.165, 1.54) is 0 Å². The number of hydrogen-bond acceptors (Lipinski definition) is 2. The van der Waals surface area contributed by atoms with Gasteiger partial charge in [-0.15, -0.1) is 0 Å². The van der Waals surface area contributed by atoms with E-state index in [1.54, 1.807) is 14.0 Å². The van der Waals surface area contributed by atoms with Crippen LogP contribution in [0.1, 0.15) is 6.92 Å². The Morgan fingerprint density at radius 1 is 1.80 bits per heavy atom. The third-order valence-corrected chi connectivity index (χ3v) is 0.842. The highest BCUT2D eigenvalue weighted by molar-refractivity contribution is 5.86. The molecule has 0 saturated heterocycles. The van der Waals surface area contributed by atoms with E-state index in [4.69, 9.17) is 9.84 Å². The van der Waals surface area contributed by atoms with Crippen molar-refractivity contribution in [2.24, 2.45) is 5.92 Å². The third-order valence-electron chi connectivity index (χ3n) is 0.842. The number of aliphatic carboxylic acids is 1. The van der Waals surface area contributed by atoms with Gasteiger partial charge in [0.15, 0.2) is 0 Å². The topological polar surface area (TPSA) is 46.5 Å². The normalized spacial score (nSPS) is 11.4. The van der Waals surface area contributed by atoms with Gasteiger partial charge in [-0.1, -0.05) is 5.92 Å². The summed E-state index contributed by atoms with van der Waals surface area (Å²) in [4.78, 5) is 9.89. The molecule has 0 heterocycles. The van der Waals surface area contributed by atoms with Gasteiger partial charge < -0.3 is 9.84 Å². The molecule has 0 aromatic carbocycles. The van der Waals surface area contributed by atoms with Gasteiger partial charge in [-0.25, -0.2) is 4.79 Å². The predicted molar refractivity (Wildman–Crippen MR) is 36.5 cm³/mol. The van der Waals surface area contributed by atoms with E-state index in [0.717, 1.165) is 0 Å². The first-order chi connectivity index (χ1) is 4.66. The van der Waals surface area contributed by atoms with Crippen LogP contribution >= 0.6 is 0 Å². The zero-order valence-electron chi connectivity index (χ0n) is 6.05. The summed E-state index contributed by atoms with van der Waals surface area (Å²) in [7, 11) is 1.55. The summed E-state index contributed by atoms with van der Waals surface area (Å²) in [5, 5.41) is 8.12. The molecule has 1 unspecified atom stereocenters. The number of carboxylic acids is 1. The smallest absolute Gasteiger partial charge is 0.381 e. The van der Waals surface area contributed by atoms with Gasteiger partial charge in [0.05, 0.1) is 6.61 Å². The summed E-state index contributed by atoms with van der Waals surface area (Å²) in [6, 6.07) is 0. The summed E-state index contributed by atoms with van der Waals surface area (Å²) < 4.78 is 4.74. The maximum Gasteiger partial charge on any atom is 0.381 e. The second kappa shape index (κ2) is 4.83. The Hall–Kier alpha value is -1.01. The van der Waals surface area contributed by atoms with Gasteiger partial charge in [0.1, 0.15) is 0 Å². The number of carbonyl (C=O) groups is 1. The largest absolute Gasteiger partial charge is 0.472 e. The van der Waals surface area contributed by atoms with Crippen LogP contribution in [0.5, 0.6) is 0 Å². The number of ether oxygens (including phenoxy) is 1. The fourth-order valence-electron chi connectivity index (χ4n) is 0.477. The van der Waals surface area contributed by atoms with E-state index in [2.05, 4.69) is 5.92 Å². The minimum atomic E-state index is -1.09. The van der Waals surface area contributed by atoms with Crippen molar-refractivity contribution in [1.82, 2.24) is 0 Å². The average Bonchev–Trinajstić information content (AvgIpc) is 1.85. The molecule has 1 atom stereocenters. The lowest BCUT2D eigenvalue weighted by Gasteiger charge is -1.98. The Morgan fingerprint density at radius 3 is 2.80 bits per heavy atom. The van der Waals surface area contributed by atoms with E-state index in [-0.39, 0.29) is 5.92 Å². The Labute approximate surface area is 60.0 Å². The molecule has 0 radical (unpaired) electrons. The molecule has 0 aliphatic rings. The van der Waals surface area contributed by atoms with Crippen molar-refractivity contribution in [1.29, 1.82) is 0 Å². The van der Waals surface area contributed by atoms with Crippen LogP contribution in [0.4, 0.5) is 0 Å². The summed E-state index contributed by atoms with van der Waals surface area (Å²) in [6.45, 7) is 2.28. The second-order valence-corrected chi connectivity index (χ2v) is 1.93. The summed E-state index contributed by atoms with van der Waals surface area (Å²) >= 11 is 0.